The first-order chi connectivity index (χ1) is 8.99. The highest BCUT2D eigenvalue weighted by Gasteiger charge is 2.14. The van der Waals surface area contributed by atoms with E-state index in [9.17, 15) is 9.59 Å². The maximum Gasteiger partial charge on any atom is 0.307 e. The quantitative estimate of drug-likeness (QED) is 0.938. The lowest BCUT2D eigenvalue weighted by molar-refractivity contribution is -0.136. The van der Waals surface area contributed by atoms with Crippen LogP contribution in [-0.2, 0) is 11.2 Å². The van der Waals surface area contributed by atoms with Crippen molar-refractivity contribution < 1.29 is 14.7 Å². The van der Waals surface area contributed by atoms with E-state index in [4.69, 9.17) is 16.7 Å². The number of benzene rings is 1. The molecule has 0 saturated carbocycles. The molecule has 0 bridgehead atoms. The molecule has 1 aromatic heterocycles. The van der Waals surface area contributed by atoms with Crippen LogP contribution in [0.1, 0.15) is 21.6 Å². The fourth-order valence-corrected chi connectivity index (χ4v) is 1.98. The Hall–Kier alpha value is -2.07. The molecule has 0 radical (unpaired) electrons. The number of carboxylic acid groups (broad SMARTS) is 1. The van der Waals surface area contributed by atoms with Crippen LogP contribution in [0.4, 0.5) is 0 Å². The molecule has 0 saturated heterocycles. The summed E-state index contributed by atoms with van der Waals surface area (Å²) >= 11 is 5.77. The van der Waals surface area contributed by atoms with Crippen molar-refractivity contribution in [2.45, 2.75) is 13.3 Å². The molecule has 0 amide bonds. The van der Waals surface area contributed by atoms with Gasteiger partial charge in [0.1, 0.15) is 0 Å². The summed E-state index contributed by atoms with van der Waals surface area (Å²) in [4.78, 5) is 22.9. The van der Waals surface area contributed by atoms with Gasteiger partial charge in [0.25, 0.3) is 5.91 Å². The zero-order chi connectivity index (χ0) is 14.0. The third-order valence-corrected chi connectivity index (χ3v) is 3.15. The van der Waals surface area contributed by atoms with Gasteiger partial charge >= 0.3 is 5.97 Å². The largest absolute Gasteiger partial charge is 0.481 e. The molecule has 4 nitrogen and oxygen atoms in total. The number of carbonyl (C=O) groups excluding carboxylic acids is 1. The van der Waals surface area contributed by atoms with Gasteiger partial charge in [-0.3, -0.25) is 14.2 Å². The van der Waals surface area contributed by atoms with Crippen molar-refractivity contribution in [3.63, 3.8) is 0 Å². The molecule has 19 heavy (non-hydrogen) atoms. The number of carbonyl (C=O) groups is 2. The van der Waals surface area contributed by atoms with Gasteiger partial charge in [0, 0.05) is 22.5 Å². The molecule has 0 fully saturated rings. The van der Waals surface area contributed by atoms with Crippen LogP contribution in [0.15, 0.2) is 36.5 Å². The number of hydrogen-bond acceptors (Lipinski definition) is 2. The first-order valence-electron chi connectivity index (χ1n) is 5.68. The lowest BCUT2D eigenvalue weighted by Crippen LogP contribution is -2.13. The zero-order valence-corrected chi connectivity index (χ0v) is 11.0. The number of hydrogen-bond donors (Lipinski definition) is 1. The van der Waals surface area contributed by atoms with Gasteiger partial charge in [-0.25, -0.2) is 0 Å². The van der Waals surface area contributed by atoms with E-state index in [1.807, 2.05) is 0 Å². The molecule has 1 aromatic carbocycles. The van der Waals surface area contributed by atoms with E-state index in [0.29, 0.717) is 21.8 Å². The Morgan fingerprint density at radius 1 is 1.21 bits per heavy atom. The minimum absolute atomic E-state index is 0.0905. The highest BCUT2D eigenvalue weighted by molar-refractivity contribution is 6.30. The average Bonchev–Trinajstić information content (AvgIpc) is 2.70. The van der Waals surface area contributed by atoms with Crippen molar-refractivity contribution in [3.05, 3.63) is 58.4 Å². The Labute approximate surface area is 115 Å². The molecule has 0 atom stereocenters. The van der Waals surface area contributed by atoms with Gasteiger partial charge in [0.15, 0.2) is 0 Å². The van der Waals surface area contributed by atoms with Crippen LogP contribution in [0.2, 0.25) is 5.02 Å². The first-order valence-corrected chi connectivity index (χ1v) is 6.05. The number of aromatic nitrogens is 1. The van der Waals surface area contributed by atoms with Gasteiger partial charge in [-0.05, 0) is 42.8 Å². The summed E-state index contributed by atoms with van der Waals surface area (Å²) in [5, 5.41) is 9.34. The summed E-state index contributed by atoms with van der Waals surface area (Å²) in [6.45, 7) is 1.73. The smallest absolute Gasteiger partial charge is 0.307 e. The van der Waals surface area contributed by atoms with Crippen molar-refractivity contribution in [1.82, 2.24) is 4.57 Å². The first kappa shape index (κ1) is 13.4. The molecule has 0 aliphatic heterocycles. The number of halogens is 1. The minimum Gasteiger partial charge on any atom is -0.481 e. The van der Waals surface area contributed by atoms with Crippen LogP contribution in [0, 0.1) is 6.92 Å². The van der Waals surface area contributed by atoms with Crippen molar-refractivity contribution in [2.24, 2.45) is 0 Å². The van der Waals surface area contributed by atoms with E-state index in [2.05, 4.69) is 0 Å². The monoisotopic (exact) mass is 277 g/mol. The van der Waals surface area contributed by atoms with Gasteiger partial charge in [0.2, 0.25) is 0 Å². The Balaban J connectivity index is 2.32. The molecule has 5 heteroatoms. The third kappa shape index (κ3) is 2.85. The Morgan fingerprint density at radius 2 is 1.84 bits per heavy atom. The van der Waals surface area contributed by atoms with Crippen LogP contribution < -0.4 is 0 Å². The van der Waals surface area contributed by atoms with Gasteiger partial charge in [-0.1, -0.05) is 11.6 Å². The second kappa shape index (κ2) is 5.28. The van der Waals surface area contributed by atoms with E-state index in [0.717, 1.165) is 0 Å². The summed E-state index contributed by atoms with van der Waals surface area (Å²) in [5.41, 5.74) is 1.78. The van der Waals surface area contributed by atoms with Crippen molar-refractivity contribution in [1.29, 1.82) is 0 Å². The summed E-state index contributed by atoms with van der Waals surface area (Å²) < 4.78 is 1.45. The molecule has 2 aromatic rings. The molecule has 0 spiro atoms. The second-order valence-corrected chi connectivity index (χ2v) is 4.62. The molecular formula is C14H12ClNO3. The normalized spacial score (nSPS) is 10.4. The van der Waals surface area contributed by atoms with E-state index in [1.54, 1.807) is 43.5 Å². The van der Waals surface area contributed by atoms with E-state index < -0.39 is 5.97 Å². The van der Waals surface area contributed by atoms with Gasteiger partial charge < -0.3 is 5.11 Å². The molecule has 0 aliphatic rings. The number of aliphatic carboxylic acids is 1. The van der Waals surface area contributed by atoms with E-state index >= 15 is 0 Å². The molecule has 0 unspecified atom stereocenters. The maximum absolute atomic E-state index is 12.2. The van der Waals surface area contributed by atoms with Crippen molar-refractivity contribution in [2.75, 3.05) is 0 Å². The highest BCUT2D eigenvalue weighted by atomic mass is 35.5. The topological polar surface area (TPSA) is 59.3 Å². The molecule has 1 heterocycles. The summed E-state index contributed by atoms with van der Waals surface area (Å²) in [6, 6.07) is 8.22. The lowest BCUT2D eigenvalue weighted by atomic mass is 10.2. The number of carboxylic acids is 1. The third-order valence-electron chi connectivity index (χ3n) is 2.90. The number of nitrogens with zero attached hydrogens (tertiary/aromatic N) is 1. The van der Waals surface area contributed by atoms with Crippen molar-refractivity contribution >= 4 is 23.5 Å². The van der Waals surface area contributed by atoms with Crippen LogP contribution in [0.3, 0.4) is 0 Å². The fraction of sp³-hybridized carbons (Fsp3) is 0.143. The van der Waals surface area contributed by atoms with Crippen LogP contribution in [0.25, 0.3) is 0 Å². The lowest BCUT2D eigenvalue weighted by Gasteiger charge is -2.06. The van der Waals surface area contributed by atoms with Crippen molar-refractivity contribution in [3.8, 4) is 0 Å². The highest BCUT2D eigenvalue weighted by Crippen LogP contribution is 2.15. The van der Waals surface area contributed by atoms with Gasteiger partial charge in [-0.2, -0.15) is 0 Å². The van der Waals surface area contributed by atoms with E-state index in [1.165, 1.54) is 4.57 Å². The predicted molar refractivity (Wildman–Crippen MR) is 71.7 cm³/mol. The zero-order valence-electron chi connectivity index (χ0n) is 10.3. The fourth-order valence-electron chi connectivity index (χ4n) is 1.85. The maximum atomic E-state index is 12.2. The Morgan fingerprint density at radius 3 is 2.42 bits per heavy atom. The molecular weight excluding hydrogens is 266 g/mol. The molecule has 98 valence electrons. The predicted octanol–water partition coefficient (Wildman–Crippen LogP) is 2.77. The second-order valence-electron chi connectivity index (χ2n) is 4.18. The van der Waals surface area contributed by atoms with Crippen LogP contribution in [-0.4, -0.2) is 21.6 Å². The standard InChI is InChI=1S/C14H12ClNO3/c1-9-11(8-13(17)18)6-7-16(9)14(19)10-2-4-12(15)5-3-10/h2-7H,8H2,1H3,(H,17,18). The Bertz CT molecular complexity index is 629. The summed E-state index contributed by atoms with van der Waals surface area (Å²) in [7, 11) is 0. The van der Waals surface area contributed by atoms with Gasteiger partial charge in [-0.15, -0.1) is 0 Å². The SMILES string of the molecule is Cc1c(CC(=O)O)ccn1C(=O)c1ccc(Cl)cc1. The van der Waals surface area contributed by atoms with Crippen LogP contribution >= 0.6 is 11.6 Å². The molecule has 1 N–H and O–H groups in total. The number of rotatable bonds is 3. The summed E-state index contributed by atoms with van der Waals surface area (Å²) in [6.07, 6.45) is 1.50. The Kier molecular flexibility index (Phi) is 3.71. The van der Waals surface area contributed by atoms with Gasteiger partial charge in [0.05, 0.1) is 6.42 Å². The molecule has 0 aliphatic carbocycles. The average molecular weight is 278 g/mol. The van der Waals surface area contributed by atoms with Crippen LogP contribution in [0.5, 0.6) is 0 Å². The molecule has 2 rings (SSSR count). The summed E-state index contributed by atoms with van der Waals surface area (Å²) in [5.74, 6) is -1.12. The minimum atomic E-state index is -0.917. The van der Waals surface area contributed by atoms with E-state index in [-0.39, 0.29) is 12.3 Å².